The van der Waals surface area contributed by atoms with Crippen molar-refractivity contribution in [2.45, 2.75) is 0 Å². The van der Waals surface area contributed by atoms with Gasteiger partial charge in [-0.05, 0) is 23.3 Å². The number of halogens is 1. The average Bonchev–Trinajstić information content (AvgIpc) is 3.13. The highest BCUT2D eigenvalue weighted by Gasteiger charge is 2.13. The number of benzene rings is 4. The van der Waals surface area contributed by atoms with Gasteiger partial charge in [-0.1, -0.05) is 78.3 Å². The molecule has 3 heteroatoms. The molecule has 0 spiro atoms. The van der Waals surface area contributed by atoms with Crippen molar-refractivity contribution in [2.24, 2.45) is 0 Å². The summed E-state index contributed by atoms with van der Waals surface area (Å²) in [5, 5.41) is 2.67. The van der Waals surface area contributed by atoms with Crippen LogP contribution in [0.5, 0.6) is 0 Å². The van der Waals surface area contributed by atoms with Gasteiger partial charge in [0.25, 0.3) is 0 Å². The fraction of sp³-hybridized carbons (Fsp3) is 0. The largest absolute Gasteiger partial charge is 0.436 e. The number of rotatable bonds is 2. The Hall–Kier alpha value is -3.10. The van der Waals surface area contributed by atoms with E-state index in [-0.39, 0.29) is 0 Å². The highest BCUT2D eigenvalue weighted by Crippen LogP contribution is 2.34. The first-order valence-corrected chi connectivity index (χ1v) is 8.81. The lowest BCUT2D eigenvalue weighted by atomic mass is 10.0. The van der Waals surface area contributed by atoms with Crippen LogP contribution in [0.1, 0.15) is 0 Å². The molecule has 0 N–H and O–H groups in total. The van der Waals surface area contributed by atoms with Crippen molar-refractivity contribution in [3.8, 4) is 22.6 Å². The lowest BCUT2D eigenvalue weighted by molar-refractivity contribution is 0.620. The Morgan fingerprint density at radius 3 is 2.04 bits per heavy atom. The number of nitrogens with zero attached hydrogens (tertiary/aromatic N) is 1. The number of oxazole rings is 1. The first kappa shape index (κ1) is 15.2. The minimum Gasteiger partial charge on any atom is -0.436 e. The molecule has 1 heterocycles. The van der Waals surface area contributed by atoms with Crippen LogP contribution in [0.2, 0.25) is 5.02 Å². The molecular formula is C23H14ClNO. The van der Waals surface area contributed by atoms with Gasteiger partial charge in [0, 0.05) is 22.4 Å². The van der Waals surface area contributed by atoms with Crippen LogP contribution in [0.25, 0.3) is 44.5 Å². The monoisotopic (exact) mass is 355 g/mol. The zero-order valence-corrected chi connectivity index (χ0v) is 14.6. The van der Waals surface area contributed by atoms with E-state index in [0.29, 0.717) is 16.5 Å². The maximum Gasteiger partial charge on any atom is 0.227 e. The summed E-state index contributed by atoms with van der Waals surface area (Å²) in [6, 6.07) is 28.4. The zero-order valence-electron chi connectivity index (χ0n) is 13.8. The van der Waals surface area contributed by atoms with Crippen LogP contribution in [-0.2, 0) is 0 Å². The Kier molecular flexibility index (Phi) is 3.51. The van der Waals surface area contributed by atoms with E-state index in [1.807, 2.05) is 60.7 Å². The third-order valence-electron chi connectivity index (χ3n) is 4.59. The fourth-order valence-corrected chi connectivity index (χ4v) is 3.54. The minimum atomic E-state index is 0.604. The van der Waals surface area contributed by atoms with Crippen molar-refractivity contribution >= 4 is 33.5 Å². The Morgan fingerprint density at radius 2 is 1.27 bits per heavy atom. The zero-order chi connectivity index (χ0) is 17.5. The van der Waals surface area contributed by atoms with Gasteiger partial charge in [-0.25, -0.2) is 4.98 Å². The Morgan fingerprint density at radius 1 is 0.654 bits per heavy atom. The molecule has 0 unspecified atom stereocenters. The van der Waals surface area contributed by atoms with E-state index in [1.54, 1.807) is 0 Å². The summed E-state index contributed by atoms with van der Waals surface area (Å²) in [7, 11) is 0. The lowest BCUT2D eigenvalue weighted by Gasteiger charge is -2.02. The molecule has 0 atom stereocenters. The SMILES string of the molecule is Clc1cc2oc(-c3ccc(-c4ccccc4)cc3)nc2c2ccccc12. The minimum absolute atomic E-state index is 0.604. The molecule has 0 saturated carbocycles. The molecule has 0 amide bonds. The molecule has 4 aromatic carbocycles. The highest BCUT2D eigenvalue weighted by molar-refractivity contribution is 6.37. The van der Waals surface area contributed by atoms with E-state index in [9.17, 15) is 0 Å². The van der Waals surface area contributed by atoms with Gasteiger partial charge in [-0.2, -0.15) is 0 Å². The Balaban J connectivity index is 1.62. The quantitative estimate of drug-likeness (QED) is 0.342. The van der Waals surface area contributed by atoms with Crippen LogP contribution >= 0.6 is 11.6 Å². The van der Waals surface area contributed by atoms with Crippen molar-refractivity contribution in [3.05, 3.63) is 90.0 Å². The number of hydrogen-bond donors (Lipinski definition) is 0. The first-order valence-electron chi connectivity index (χ1n) is 8.43. The van der Waals surface area contributed by atoms with Gasteiger partial charge in [0.2, 0.25) is 5.89 Å². The highest BCUT2D eigenvalue weighted by atomic mass is 35.5. The predicted molar refractivity (Wildman–Crippen MR) is 107 cm³/mol. The number of fused-ring (bicyclic) bond motifs is 3. The smallest absolute Gasteiger partial charge is 0.227 e. The molecule has 5 aromatic rings. The molecule has 0 saturated heterocycles. The van der Waals surface area contributed by atoms with Gasteiger partial charge in [-0.15, -0.1) is 0 Å². The molecule has 124 valence electrons. The van der Waals surface area contributed by atoms with Gasteiger partial charge in [0.1, 0.15) is 5.52 Å². The molecule has 5 rings (SSSR count). The van der Waals surface area contributed by atoms with Gasteiger partial charge in [0.15, 0.2) is 5.58 Å². The van der Waals surface area contributed by atoms with E-state index >= 15 is 0 Å². The molecule has 2 nitrogen and oxygen atoms in total. The normalized spacial score (nSPS) is 11.3. The summed E-state index contributed by atoms with van der Waals surface area (Å²) in [5.41, 5.74) is 4.84. The third-order valence-corrected chi connectivity index (χ3v) is 4.90. The van der Waals surface area contributed by atoms with Crippen LogP contribution < -0.4 is 0 Å². The van der Waals surface area contributed by atoms with Gasteiger partial charge in [-0.3, -0.25) is 0 Å². The van der Waals surface area contributed by atoms with E-state index in [0.717, 1.165) is 21.9 Å². The molecule has 0 fully saturated rings. The van der Waals surface area contributed by atoms with Crippen molar-refractivity contribution in [1.82, 2.24) is 4.98 Å². The number of hydrogen-bond acceptors (Lipinski definition) is 2. The summed E-state index contributed by atoms with van der Waals surface area (Å²) >= 11 is 6.39. The fourth-order valence-electron chi connectivity index (χ4n) is 3.27. The van der Waals surface area contributed by atoms with Crippen molar-refractivity contribution < 1.29 is 4.42 Å². The molecule has 1 aromatic heterocycles. The standard InChI is InChI=1S/C23H14ClNO/c24-20-14-21-22(19-9-5-4-8-18(19)20)25-23(26-21)17-12-10-16(11-13-17)15-6-2-1-3-7-15/h1-14H. The van der Waals surface area contributed by atoms with Crippen LogP contribution in [-0.4, -0.2) is 4.98 Å². The van der Waals surface area contributed by atoms with E-state index in [1.165, 1.54) is 11.1 Å². The van der Waals surface area contributed by atoms with Gasteiger partial charge < -0.3 is 4.42 Å². The van der Waals surface area contributed by atoms with Crippen LogP contribution in [0.4, 0.5) is 0 Å². The lowest BCUT2D eigenvalue weighted by Crippen LogP contribution is -1.80. The Bertz CT molecular complexity index is 1220. The molecule has 0 aliphatic carbocycles. The number of aromatic nitrogens is 1. The molecule has 0 aliphatic rings. The predicted octanol–water partition coefficient (Wildman–Crippen LogP) is 6.97. The molecule has 0 aliphatic heterocycles. The van der Waals surface area contributed by atoms with Crippen LogP contribution in [0.15, 0.2) is 89.3 Å². The van der Waals surface area contributed by atoms with Crippen molar-refractivity contribution in [1.29, 1.82) is 0 Å². The third kappa shape index (κ3) is 2.47. The average molecular weight is 356 g/mol. The summed E-state index contributed by atoms with van der Waals surface area (Å²) < 4.78 is 5.99. The topological polar surface area (TPSA) is 26.0 Å². The van der Waals surface area contributed by atoms with Crippen LogP contribution in [0.3, 0.4) is 0 Å². The summed E-state index contributed by atoms with van der Waals surface area (Å²) in [6.45, 7) is 0. The molecule has 26 heavy (non-hydrogen) atoms. The maximum atomic E-state index is 6.39. The van der Waals surface area contributed by atoms with Gasteiger partial charge in [0.05, 0.1) is 5.02 Å². The van der Waals surface area contributed by atoms with Crippen molar-refractivity contribution in [2.75, 3.05) is 0 Å². The second-order valence-electron chi connectivity index (χ2n) is 6.21. The van der Waals surface area contributed by atoms with E-state index in [4.69, 9.17) is 21.0 Å². The molecule has 0 bridgehead atoms. The first-order chi connectivity index (χ1) is 12.8. The Labute approximate surface area is 155 Å². The summed E-state index contributed by atoms with van der Waals surface area (Å²) in [5.74, 6) is 0.604. The summed E-state index contributed by atoms with van der Waals surface area (Å²) in [4.78, 5) is 4.73. The second-order valence-corrected chi connectivity index (χ2v) is 6.62. The van der Waals surface area contributed by atoms with E-state index < -0.39 is 0 Å². The van der Waals surface area contributed by atoms with Crippen LogP contribution in [0, 0.1) is 0 Å². The maximum absolute atomic E-state index is 6.39. The van der Waals surface area contributed by atoms with E-state index in [2.05, 4.69) is 24.3 Å². The molecular weight excluding hydrogens is 342 g/mol. The molecule has 0 radical (unpaired) electrons. The van der Waals surface area contributed by atoms with Crippen molar-refractivity contribution in [3.63, 3.8) is 0 Å². The summed E-state index contributed by atoms with van der Waals surface area (Å²) in [6.07, 6.45) is 0. The van der Waals surface area contributed by atoms with Gasteiger partial charge >= 0.3 is 0 Å². The second kappa shape index (κ2) is 6.01.